The van der Waals surface area contributed by atoms with Crippen LogP contribution in [-0.2, 0) is 20.0 Å². The second-order valence-corrected chi connectivity index (χ2v) is 10.0. The van der Waals surface area contributed by atoms with Gasteiger partial charge in [-0.2, -0.15) is 4.31 Å². The molecule has 11 heteroatoms. The molecule has 1 aromatic carbocycles. The summed E-state index contributed by atoms with van der Waals surface area (Å²) in [6.07, 6.45) is 6.52. The lowest BCUT2D eigenvalue weighted by atomic mass is 10.2. The standard InChI is InChI=1S/C20H22ClN3O5S2/c1-4-11-24(12-5-2)31(27,28)20-15-22-10-8-18(20)23-30(25,26)13-9-16-6-7-17(21)14-19(16)29-3/h4-10,13-15H,1-2,11-12H2,3H3,(H,22,23). The number of ether oxygens (including phenoxy) is 1. The van der Waals surface area contributed by atoms with Gasteiger partial charge in [0, 0.05) is 36.1 Å². The quantitative estimate of drug-likeness (QED) is 0.490. The van der Waals surface area contributed by atoms with Crippen molar-refractivity contribution in [1.29, 1.82) is 0 Å². The average molecular weight is 484 g/mol. The number of pyridine rings is 1. The van der Waals surface area contributed by atoms with E-state index in [1.165, 1.54) is 37.6 Å². The Morgan fingerprint density at radius 1 is 1.16 bits per heavy atom. The van der Waals surface area contributed by atoms with Gasteiger partial charge in [-0.1, -0.05) is 23.8 Å². The summed E-state index contributed by atoms with van der Waals surface area (Å²) in [6, 6.07) is 5.99. The number of rotatable bonds is 11. The number of hydrogen-bond donors (Lipinski definition) is 1. The normalized spacial score (nSPS) is 12.1. The molecule has 0 aliphatic heterocycles. The van der Waals surface area contributed by atoms with Crippen molar-refractivity contribution in [3.8, 4) is 5.75 Å². The lowest BCUT2D eigenvalue weighted by Gasteiger charge is -2.20. The molecule has 1 N–H and O–H groups in total. The predicted octanol–water partition coefficient (Wildman–Crippen LogP) is 3.52. The first-order chi connectivity index (χ1) is 14.6. The summed E-state index contributed by atoms with van der Waals surface area (Å²) >= 11 is 5.91. The minimum atomic E-state index is -4.07. The first kappa shape index (κ1) is 24.6. The van der Waals surface area contributed by atoms with E-state index in [1.54, 1.807) is 18.2 Å². The van der Waals surface area contributed by atoms with Crippen molar-refractivity contribution in [3.63, 3.8) is 0 Å². The van der Waals surface area contributed by atoms with E-state index in [1.807, 2.05) is 0 Å². The molecular formula is C20H22ClN3O5S2. The second kappa shape index (κ2) is 10.6. The fourth-order valence-corrected chi connectivity index (χ4v) is 5.12. The third kappa shape index (κ3) is 6.41. The molecule has 1 heterocycles. The second-order valence-electron chi connectivity index (χ2n) is 6.11. The SMILES string of the molecule is C=CCN(CC=C)S(=O)(=O)c1cnccc1NS(=O)(=O)C=Cc1ccc(Cl)cc1OC. The van der Waals surface area contributed by atoms with Gasteiger partial charge < -0.3 is 4.74 Å². The Hall–Kier alpha value is -2.66. The summed E-state index contributed by atoms with van der Waals surface area (Å²) in [4.78, 5) is 3.54. The number of hydrogen-bond acceptors (Lipinski definition) is 6. The van der Waals surface area contributed by atoms with E-state index in [4.69, 9.17) is 16.3 Å². The van der Waals surface area contributed by atoms with E-state index in [2.05, 4.69) is 22.9 Å². The Morgan fingerprint density at radius 3 is 2.45 bits per heavy atom. The molecule has 0 fully saturated rings. The summed E-state index contributed by atoms with van der Waals surface area (Å²) in [5.74, 6) is 0.385. The fraction of sp³-hybridized carbons (Fsp3) is 0.150. The Balaban J connectivity index is 2.39. The molecule has 31 heavy (non-hydrogen) atoms. The van der Waals surface area contributed by atoms with Gasteiger partial charge in [0.2, 0.25) is 10.0 Å². The van der Waals surface area contributed by atoms with Gasteiger partial charge in [0.1, 0.15) is 10.6 Å². The molecule has 8 nitrogen and oxygen atoms in total. The number of halogens is 1. The van der Waals surface area contributed by atoms with Gasteiger partial charge in [0.25, 0.3) is 10.0 Å². The molecule has 0 bridgehead atoms. The van der Waals surface area contributed by atoms with E-state index < -0.39 is 20.0 Å². The summed E-state index contributed by atoms with van der Waals surface area (Å²) in [5, 5.41) is 1.34. The molecule has 1 aromatic heterocycles. The molecule has 0 aliphatic carbocycles. The maximum atomic E-state index is 13.0. The van der Waals surface area contributed by atoms with Crippen LogP contribution in [-0.4, -0.2) is 46.3 Å². The smallest absolute Gasteiger partial charge is 0.255 e. The van der Waals surface area contributed by atoms with Crippen LogP contribution < -0.4 is 9.46 Å². The zero-order valence-electron chi connectivity index (χ0n) is 16.7. The molecular weight excluding hydrogens is 462 g/mol. The number of methoxy groups -OCH3 is 1. The number of anilines is 1. The van der Waals surface area contributed by atoms with Gasteiger partial charge in [0.15, 0.2) is 0 Å². The highest BCUT2D eigenvalue weighted by Crippen LogP contribution is 2.27. The molecule has 0 atom stereocenters. The fourth-order valence-electron chi connectivity index (χ4n) is 2.54. The molecule has 0 radical (unpaired) electrons. The lowest BCUT2D eigenvalue weighted by Crippen LogP contribution is -2.32. The van der Waals surface area contributed by atoms with E-state index >= 15 is 0 Å². The van der Waals surface area contributed by atoms with Crippen LogP contribution in [0.5, 0.6) is 5.75 Å². The predicted molar refractivity (Wildman–Crippen MR) is 123 cm³/mol. The summed E-state index contributed by atoms with van der Waals surface area (Å²) in [7, 11) is -6.71. The third-order valence-electron chi connectivity index (χ3n) is 3.94. The number of nitrogens with one attached hydrogen (secondary N) is 1. The molecule has 2 aromatic rings. The zero-order valence-corrected chi connectivity index (χ0v) is 19.1. The Morgan fingerprint density at radius 2 is 1.84 bits per heavy atom. The van der Waals surface area contributed by atoms with Gasteiger partial charge in [-0.15, -0.1) is 13.2 Å². The number of nitrogens with zero attached hydrogens (tertiary/aromatic N) is 2. The van der Waals surface area contributed by atoms with Crippen LogP contribution in [0.2, 0.25) is 5.02 Å². The van der Waals surface area contributed by atoms with Crippen molar-refractivity contribution in [2.45, 2.75) is 4.90 Å². The largest absolute Gasteiger partial charge is 0.496 e. The van der Waals surface area contributed by atoms with Crippen molar-refractivity contribution in [3.05, 3.63) is 78.0 Å². The summed E-state index contributed by atoms with van der Waals surface area (Å²) < 4.78 is 59.8. The lowest BCUT2D eigenvalue weighted by molar-refractivity contribution is 0.414. The number of aromatic nitrogens is 1. The van der Waals surface area contributed by atoms with Crippen LogP contribution in [0.15, 0.2) is 72.3 Å². The van der Waals surface area contributed by atoms with Crippen molar-refractivity contribution in [1.82, 2.24) is 9.29 Å². The van der Waals surface area contributed by atoms with Crippen LogP contribution in [0.25, 0.3) is 6.08 Å². The molecule has 0 unspecified atom stereocenters. The molecule has 0 saturated carbocycles. The first-order valence-corrected chi connectivity index (χ1v) is 12.2. The third-order valence-corrected chi connectivity index (χ3v) is 7.04. The topological polar surface area (TPSA) is 106 Å². The molecule has 0 aliphatic rings. The molecule has 0 saturated heterocycles. The van der Waals surface area contributed by atoms with Crippen molar-refractivity contribution < 1.29 is 21.6 Å². The van der Waals surface area contributed by atoms with Gasteiger partial charge in [-0.3, -0.25) is 9.71 Å². The van der Waals surface area contributed by atoms with E-state index in [0.717, 1.165) is 15.9 Å². The maximum Gasteiger partial charge on any atom is 0.255 e. The van der Waals surface area contributed by atoms with Gasteiger partial charge >= 0.3 is 0 Å². The maximum absolute atomic E-state index is 13.0. The number of sulfonamides is 2. The van der Waals surface area contributed by atoms with E-state index in [9.17, 15) is 16.8 Å². The Labute approximate surface area is 187 Å². The Bertz CT molecular complexity index is 1190. The Kier molecular flexibility index (Phi) is 8.40. The molecule has 166 valence electrons. The number of benzene rings is 1. The minimum absolute atomic E-state index is 0.0195. The monoisotopic (exact) mass is 483 g/mol. The minimum Gasteiger partial charge on any atom is -0.496 e. The van der Waals surface area contributed by atoms with Crippen LogP contribution >= 0.6 is 11.6 Å². The van der Waals surface area contributed by atoms with Crippen molar-refractivity contribution in [2.75, 3.05) is 24.9 Å². The zero-order chi connectivity index (χ0) is 23.1. The van der Waals surface area contributed by atoms with Crippen molar-refractivity contribution >= 4 is 43.4 Å². The highest BCUT2D eigenvalue weighted by atomic mass is 35.5. The van der Waals surface area contributed by atoms with Crippen LogP contribution in [0.3, 0.4) is 0 Å². The van der Waals surface area contributed by atoms with Gasteiger partial charge in [0.05, 0.1) is 18.2 Å². The van der Waals surface area contributed by atoms with Crippen molar-refractivity contribution in [2.24, 2.45) is 0 Å². The average Bonchev–Trinajstić information content (AvgIpc) is 2.72. The van der Waals surface area contributed by atoms with E-state index in [-0.39, 0.29) is 23.7 Å². The van der Waals surface area contributed by atoms with Crippen LogP contribution in [0, 0.1) is 0 Å². The van der Waals surface area contributed by atoms with Crippen LogP contribution in [0.4, 0.5) is 5.69 Å². The molecule has 2 rings (SSSR count). The molecule has 0 spiro atoms. The van der Waals surface area contributed by atoms with E-state index in [0.29, 0.717) is 16.3 Å². The first-order valence-electron chi connectivity index (χ1n) is 8.85. The van der Waals surface area contributed by atoms with Gasteiger partial charge in [-0.05, 0) is 30.3 Å². The summed E-state index contributed by atoms with van der Waals surface area (Å²) in [6.45, 7) is 7.14. The van der Waals surface area contributed by atoms with Gasteiger partial charge in [-0.25, -0.2) is 16.8 Å². The van der Waals surface area contributed by atoms with Crippen LogP contribution in [0.1, 0.15) is 5.56 Å². The summed E-state index contributed by atoms with van der Waals surface area (Å²) in [5.41, 5.74) is 0.337. The highest BCUT2D eigenvalue weighted by molar-refractivity contribution is 7.95. The molecule has 0 amide bonds. The highest BCUT2D eigenvalue weighted by Gasteiger charge is 2.27.